The van der Waals surface area contributed by atoms with Crippen molar-refractivity contribution in [1.82, 2.24) is 15.1 Å². The van der Waals surface area contributed by atoms with Gasteiger partial charge in [0, 0.05) is 12.5 Å². The van der Waals surface area contributed by atoms with E-state index < -0.39 is 5.60 Å². The highest BCUT2D eigenvalue weighted by Crippen LogP contribution is 2.27. The lowest BCUT2D eigenvalue weighted by Crippen LogP contribution is -2.41. The number of nitrogens with zero attached hydrogens (tertiary/aromatic N) is 3. The molecule has 2 amide bonds. The van der Waals surface area contributed by atoms with Crippen molar-refractivity contribution < 1.29 is 9.90 Å². The van der Waals surface area contributed by atoms with Crippen LogP contribution in [0.2, 0.25) is 0 Å². The van der Waals surface area contributed by atoms with Gasteiger partial charge in [-0.3, -0.25) is 5.32 Å². The molecule has 0 spiro atoms. The van der Waals surface area contributed by atoms with E-state index in [9.17, 15) is 9.90 Å². The summed E-state index contributed by atoms with van der Waals surface area (Å²) >= 11 is 1.36. The van der Waals surface area contributed by atoms with E-state index in [1.54, 1.807) is 20.9 Å². The van der Waals surface area contributed by atoms with Crippen molar-refractivity contribution in [3.63, 3.8) is 0 Å². The molecule has 0 aliphatic rings. The van der Waals surface area contributed by atoms with E-state index in [0.717, 1.165) is 5.01 Å². The maximum atomic E-state index is 11.9. The average Bonchev–Trinajstić information content (AvgIpc) is 2.62. The molecule has 0 aliphatic carbocycles. The number of urea groups is 1. The molecule has 0 atom stereocenters. The summed E-state index contributed by atoms with van der Waals surface area (Å²) in [5.74, 6) is 0. The van der Waals surface area contributed by atoms with Crippen LogP contribution in [0, 0.1) is 0 Å². The third-order valence-electron chi connectivity index (χ3n) is 2.25. The molecule has 1 heterocycles. The third kappa shape index (κ3) is 5.12. The van der Waals surface area contributed by atoms with Crippen molar-refractivity contribution >= 4 is 22.5 Å². The van der Waals surface area contributed by atoms with E-state index in [2.05, 4.69) is 15.5 Å². The SMILES string of the molecule is CN(CC(C)(C)O)C(=O)Nc1nnc(C(C)(C)C)s1. The fourth-order valence-corrected chi connectivity index (χ4v) is 2.21. The minimum Gasteiger partial charge on any atom is -0.389 e. The lowest BCUT2D eigenvalue weighted by atomic mass is 9.98. The van der Waals surface area contributed by atoms with E-state index in [1.807, 2.05) is 20.8 Å². The average molecular weight is 286 g/mol. The third-order valence-corrected chi connectivity index (χ3v) is 3.52. The van der Waals surface area contributed by atoms with Crippen LogP contribution in [0.5, 0.6) is 0 Å². The van der Waals surface area contributed by atoms with Crippen LogP contribution in [0.3, 0.4) is 0 Å². The molecule has 1 aromatic rings. The molecule has 7 heteroatoms. The summed E-state index contributed by atoms with van der Waals surface area (Å²) in [5.41, 5.74) is -1.01. The van der Waals surface area contributed by atoms with Crippen LogP contribution in [0.1, 0.15) is 39.6 Å². The van der Waals surface area contributed by atoms with Crippen LogP contribution in [0.4, 0.5) is 9.93 Å². The summed E-state index contributed by atoms with van der Waals surface area (Å²) in [4.78, 5) is 13.3. The van der Waals surface area contributed by atoms with Gasteiger partial charge in [0.15, 0.2) is 0 Å². The Balaban J connectivity index is 2.65. The summed E-state index contributed by atoms with van der Waals surface area (Å²) in [7, 11) is 1.62. The monoisotopic (exact) mass is 286 g/mol. The summed E-state index contributed by atoms with van der Waals surface area (Å²) in [6.45, 7) is 9.67. The highest BCUT2D eigenvalue weighted by molar-refractivity contribution is 7.15. The number of aromatic nitrogens is 2. The second-order valence-corrected chi connectivity index (χ2v) is 7.24. The second kappa shape index (κ2) is 5.42. The van der Waals surface area contributed by atoms with E-state index in [1.165, 1.54) is 16.2 Å². The lowest BCUT2D eigenvalue weighted by Gasteiger charge is -2.25. The van der Waals surface area contributed by atoms with Crippen LogP contribution in [0.15, 0.2) is 0 Å². The summed E-state index contributed by atoms with van der Waals surface area (Å²) < 4.78 is 0. The van der Waals surface area contributed by atoms with Gasteiger partial charge < -0.3 is 10.0 Å². The number of carbonyl (C=O) groups excluding carboxylic acids is 1. The Morgan fingerprint density at radius 3 is 2.32 bits per heavy atom. The zero-order chi connectivity index (χ0) is 14.8. The standard InChI is InChI=1S/C12H22N4O2S/c1-11(2,3)8-14-15-9(19-8)13-10(17)16(6)7-12(4,5)18/h18H,7H2,1-6H3,(H,13,15,17). The highest BCUT2D eigenvalue weighted by Gasteiger charge is 2.22. The minimum absolute atomic E-state index is 0.0837. The van der Waals surface area contributed by atoms with Gasteiger partial charge in [0.2, 0.25) is 5.13 Å². The number of aliphatic hydroxyl groups is 1. The van der Waals surface area contributed by atoms with Crippen molar-refractivity contribution in [2.45, 2.75) is 45.6 Å². The van der Waals surface area contributed by atoms with Crippen LogP contribution in [-0.2, 0) is 5.41 Å². The summed E-state index contributed by atoms with van der Waals surface area (Å²) in [6, 6.07) is -0.307. The van der Waals surface area contributed by atoms with Crippen LogP contribution < -0.4 is 5.32 Å². The van der Waals surface area contributed by atoms with E-state index in [4.69, 9.17) is 0 Å². The number of amides is 2. The predicted octanol–water partition coefficient (Wildman–Crippen LogP) is 2.07. The molecular weight excluding hydrogens is 264 g/mol. The molecule has 108 valence electrons. The topological polar surface area (TPSA) is 78.4 Å². The van der Waals surface area contributed by atoms with E-state index >= 15 is 0 Å². The summed E-state index contributed by atoms with van der Waals surface area (Å²) in [6.07, 6.45) is 0. The zero-order valence-corrected chi connectivity index (χ0v) is 13.1. The molecule has 0 fully saturated rings. The largest absolute Gasteiger partial charge is 0.389 e. The Morgan fingerprint density at radius 2 is 1.89 bits per heavy atom. The van der Waals surface area contributed by atoms with Gasteiger partial charge in [-0.15, -0.1) is 10.2 Å². The molecule has 19 heavy (non-hydrogen) atoms. The quantitative estimate of drug-likeness (QED) is 0.891. The maximum Gasteiger partial charge on any atom is 0.323 e. The van der Waals surface area contributed by atoms with Gasteiger partial charge in [-0.05, 0) is 13.8 Å². The number of nitrogens with one attached hydrogen (secondary N) is 1. The first-order valence-electron chi connectivity index (χ1n) is 6.07. The first kappa shape index (κ1) is 15.8. The lowest BCUT2D eigenvalue weighted by molar-refractivity contribution is 0.0550. The van der Waals surface area contributed by atoms with Gasteiger partial charge in [-0.2, -0.15) is 0 Å². The molecule has 2 N–H and O–H groups in total. The Labute approximate surface area is 117 Å². The predicted molar refractivity (Wildman–Crippen MR) is 76.6 cm³/mol. The second-order valence-electron chi connectivity index (χ2n) is 6.26. The van der Waals surface area contributed by atoms with Gasteiger partial charge in [0.25, 0.3) is 0 Å². The van der Waals surface area contributed by atoms with Crippen molar-refractivity contribution in [2.24, 2.45) is 0 Å². The van der Waals surface area contributed by atoms with Gasteiger partial charge in [-0.25, -0.2) is 4.79 Å². The number of carbonyl (C=O) groups is 1. The highest BCUT2D eigenvalue weighted by atomic mass is 32.1. The number of rotatable bonds is 3. The Morgan fingerprint density at radius 1 is 1.32 bits per heavy atom. The molecule has 0 saturated carbocycles. The van der Waals surface area contributed by atoms with Gasteiger partial charge >= 0.3 is 6.03 Å². The molecule has 0 saturated heterocycles. The molecule has 0 radical (unpaired) electrons. The molecule has 1 rings (SSSR count). The Kier molecular flexibility index (Phi) is 4.52. The van der Waals surface area contributed by atoms with Gasteiger partial charge in [0.05, 0.1) is 12.1 Å². The Bertz CT molecular complexity index is 445. The molecule has 0 aromatic carbocycles. The molecule has 6 nitrogen and oxygen atoms in total. The van der Waals surface area contributed by atoms with Crippen LogP contribution >= 0.6 is 11.3 Å². The van der Waals surface area contributed by atoms with Crippen molar-refractivity contribution in [3.8, 4) is 0 Å². The molecule has 1 aromatic heterocycles. The van der Waals surface area contributed by atoms with E-state index in [0.29, 0.717) is 5.13 Å². The van der Waals surface area contributed by atoms with Crippen molar-refractivity contribution in [2.75, 3.05) is 18.9 Å². The zero-order valence-electron chi connectivity index (χ0n) is 12.3. The maximum absolute atomic E-state index is 11.9. The number of hydrogen-bond acceptors (Lipinski definition) is 5. The molecule has 0 unspecified atom stereocenters. The number of likely N-dealkylation sites (N-methyl/N-ethyl adjacent to an activating group) is 1. The van der Waals surface area contributed by atoms with Crippen LogP contribution in [0.25, 0.3) is 0 Å². The fourth-order valence-electron chi connectivity index (χ4n) is 1.42. The molecule has 0 aliphatic heterocycles. The van der Waals surface area contributed by atoms with E-state index in [-0.39, 0.29) is 18.0 Å². The van der Waals surface area contributed by atoms with Crippen molar-refractivity contribution in [1.29, 1.82) is 0 Å². The normalized spacial score (nSPS) is 12.4. The fraction of sp³-hybridized carbons (Fsp3) is 0.750. The number of hydrogen-bond donors (Lipinski definition) is 2. The molecular formula is C12H22N4O2S. The van der Waals surface area contributed by atoms with Gasteiger partial charge in [-0.1, -0.05) is 32.1 Å². The first-order chi connectivity index (χ1) is 8.49. The first-order valence-corrected chi connectivity index (χ1v) is 6.89. The smallest absolute Gasteiger partial charge is 0.323 e. The van der Waals surface area contributed by atoms with Gasteiger partial charge in [0.1, 0.15) is 5.01 Å². The molecule has 0 bridgehead atoms. The Hall–Kier alpha value is -1.21. The minimum atomic E-state index is -0.927. The number of anilines is 1. The van der Waals surface area contributed by atoms with Crippen molar-refractivity contribution in [3.05, 3.63) is 5.01 Å². The van der Waals surface area contributed by atoms with Crippen LogP contribution in [-0.4, -0.2) is 45.4 Å². The summed E-state index contributed by atoms with van der Waals surface area (Å²) in [5, 5.41) is 21.7.